The molecule has 2 aromatic heterocycles. The summed E-state index contributed by atoms with van der Waals surface area (Å²) in [6.07, 6.45) is 0. The fourth-order valence-corrected chi connectivity index (χ4v) is 1.65. The summed E-state index contributed by atoms with van der Waals surface area (Å²) in [6, 6.07) is 9.53. The van der Waals surface area contributed by atoms with Crippen molar-refractivity contribution in [2.24, 2.45) is 0 Å². The zero-order valence-electron chi connectivity index (χ0n) is 8.10. The molecule has 16 heavy (non-hydrogen) atoms. The first-order chi connectivity index (χ1) is 7.74. The second-order valence-electron chi connectivity index (χ2n) is 3.41. The molecule has 0 atom stereocenters. The average molecular weight is 214 g/mol. The maximum absolute atomic E-state index is 11.1. The Hall–Kier alpha value is -2.36. The SMILES string of the molecule is O=c1ccc2ccc3ccc(=O)oc3c2o1. The number of rotatable bonds is 0. The lowest BCUT2D eigenvalue weighted by molar-refractivity contribution is 0.528. The average Bonchev–Trinajstić information content (AvgIpc) is 2.29. The highest BCUT2D eigenvalue weighted by molar-refractivity contribution is 5.99. The third kappa shape index (κ3) is 1.24. The van der Waals surface area contributed by atoms with Crippen molar-refractivity contribution in [3.8, 4) is 0 Å². The third-order valence-electron chi connectivity index (χ3n) is 2.38. The van der Waals surface area contributed by atoms with Crippen LogP contribution in [0.2, 0.25) is 0 Å². The minimum atomic E-state index is -0.466. The predicted molar refractivity (Wildman–Crippen MR) is 58.5 cm³/mol. The minimum Gasteiger partial charge on any atom is -0.419 e. The quantitative estimate of drug-likeness (QED) is 0.423. The van der Waals surface area contributed by atoms with Gasteiger partial charge in [0.15, 0.2) is 11.2 Å². The van der Waals surface area contributed by atoms with Gasteiger partial charge in [-0.3, -0.25) is 0 Å². The van der Waals surface area contributed by atoms with Gasteiger partial charge in [-0.2, -0.15) is 0 Å². The van der Waals surface area contributed by atoms with E-state index in [0.717, 1.165) is 10.8 Å². The van der Waals surface area contributed by atoms with Gasteiger partial charge in [0.05, 0.1) is 0 Å². The molecule has 78 valence electrons. The lowest BCUT2D eigenvalue weighted by atomic mass is 10.1. The summed E-state index contributed by atoms with van der Waals surface area (Å²) in [6.45, 7) is 0. The molecule has 0 spiro atoms. The van der Waals surface area contributed by atoms with E-state index in [1.54, 1.807) is 24.3 Å². The highest BCUT2D eigenvalue weighted by atomic mass is 16.4. The van der Waals surface area contributed by atoms with E-state index in [0.29, 0.717) is 11.2 Å². The van der Waals surface area contributed by atoms with Gasteiger partial charge in [0.2, 0.25) is 0 Å². The number of benzene rings is 1. The lowest BCUT2D eigenvalue weighted by Crippen LogP contribution is -1.98. The Kier molecular flexibility index (Phi) is 1.71. The van der Waals surface area contributed by atoms with Crippen LogP contribution in [0.15, 0.2) is 54.8 Å². The summed E-state index contributed by atoms with van der Waals surface area (Å²) in [5.74, 6) is 0. The molecule has 4 heteroatoms. The molecule has 0 saturated carbocycles. The van der Waals surface area contributed by atoms with Crippen molar-refractivity contribution in [2.75, 3.05) is 0 Å². The monoisotopic (exact) mass is 214 g/mol. The maximum atomic E-state index is 11.1. The molecule has 0 aliphatic heterocycles. The number of hydrogen-bond donors (Lipinski definition) is 0. The topological polar surface area (TPSA) is 60.4 Å². The highest BCUT2D eigenvalue weighted by Crippen LogP contribution is 2.22. The van der Waals surface area contributed by atoms with E-state index in [-0.39, 0.29) is 0 Å². The van der Waals surface area contributed by atoms with Gasteiger partial charge in [-0.1, -0.05) is 12.1 Å². The molecule has 3 aromatic rings. The Morgan fingerprint density at radius 1 is 0.625 bits per heavy atom. The van der Waals surface area contributed by atoms with Crippen LogP contribution < -0.4 is 11.3 Å². The van der Waals surface area contributed by atoms with Crippen LogP contribution in [-0.2, 0) is 0 Å². The van der Waals surface area contributed by atoms with Gasteiger partial charge in [-0.25, -0.2) is 9.59 Å². The predicted octanol–water partition coefficient (Wildman–Crippen LogP) is 1.90. The van der Waals surface area contributed by atoms with E-state index >= 15 is 0 Å². The molecule has 0 amide bonds. The van der Waals surface area contributed by atoms with Gasteiger partial charge in [0.25, 0.3) is 0 Å². The van der Waals surface area contributed by atoms with E-state index in [2.05, 4.69) is 0 Å². The van der Waals surface area contributed by atoms with Gasteiger partial charge in [-0.15, -0.1) is 0 Å². The Bertz CT molecular complexity index is 726. The van der Waals surface area contributed by atoms with Crippen LogP contribution >= 0.6 is 0 Å². The summed E-state index contributed by atoms with van der Waals surface area (Å²) in [4.78, 5) is 22.3. The smallest absolute Gasteiger partial charge is 0.336 e. The summed E-state index contributed by atoms with van der Waals surface area (Å²) in [7, 11) is 0. The van der Waals surface area contributed by atoms with Crippen LogP contribution in [0.3, 0.4) is 0 Å². The van der Waals surface area contributed by atoms with Crippen molar-refractivity contribution in [1.82, 2.24) is 0 Å². The second-order valence-corrected chi connectivity index (χ2v) is 3.41. The molecular formula is C12H6O4. The van der Waals surface area contributed by atoms with Crippen LogP contribution in [-0.4, -0.2) is 0 Å². The first-order valence-electron chi connectivity index (χ1n) is 4.71. The fraction of sp³-hybridized carbons (Fsp3) is 0. The first kappa shape index (κ1) is 8.91. The van der Waals surface area contributed by atoms with Crippen molar-refractivity contribution < 1.29 is 8.83 Å². The van der Waals surface area contributed by atoms with Crippen molar-refractivity contribution >= 4 is 21.9 Å². The van der Waals surface area contributed by atoms with Crippen molar-refractivity contribution in [3.63, 3.8) is 0 Å². The zero-order valence-corrected chi connectivity index (χ0v) is 8.10. The molecule has 3 rings (SSSR count). The van der Waals surface area contributed by atoms with E-state index in [1.165, 1.54) is 12.1 Å². The largest absolute Gasteiger partial charge is 0.419 e. The van der Waals surface area contributed by atoms with Gasteiger partial charge < -0.3 is 8.83 Å². The molecule has 0 saturated heterocycles. The molecule has 0 aliphatic rings. The Balaban J connectivity index is 2.65. The van der Waals surface area contributed by atoms with Gasteiger partial charge in [-0.05, 0) is 12.1 Å². The van der Waals surface area contributed by atoms with Crippen molar-refractivity contribution in [3.05, 3.63) is 57.2 Å². The molecule has 2 heterocycles. The standard InChI is InChI=1S/C12H6O4/c13-9-5-3-7-1-2-8-4-6-10(14)16-12(8)11(7)15-9/h1-6H. The molecule has 4 nitrogen and oxygen atoms in total. The van der Waals surface area contributed by atoms with Gasteiger partial charge in [0.1, 0.15) is 0 Å². The summed E-state index contributed by atoms with van der Waals surface area (Å²) >= 11 is 0. The molecule has 0 fully saturated rings. The molecule has 0 radical (unpaired) electrons. The number of fused-ring (bicyclic) bond motifs is 3. The fourth-order valence-electron chi connectivity index (χ4n) is 1.65. The van der Waals surface area contributed by atoms with Crippen LogP contribution in [0.5, 0.6) is 0 Å². The Morgan fingerprint density at radius 2 is 1.00 bits per heavy atom. The van der Waals surface area contributed by atoms with Gasteiger partial charge in [0, 0.05) is 22.9 Å². The molecule has 0 aliphatic carbocycles. The van der Waals surface area contributed by atoms with Crippen LogP contribution in [0.25, 0.3) is 21.9 Å². The molecule has 0 unspecified atom stereocenters. The maximum Gasteiger partial charge on any atom is 0.336 e. The van der Waals surface area contributed by atoms with E-state index in [9.17, 15) is 9.59 Å². The second kappa shape index (κ2) is 3.06. The highest BCUT2D eigenvalue weighted by Gasteiger charge is 2.05. The van der Waals surface area contributed by atoms with Gasteiger partial charge >= 0.3 is 11.3 Å². The first-order valence-corrected chi connectivity index (χ1v) is 4.71. The summed E-state index contributed by atoms with van der Waals surface area (Å²) in [5.41, 5.74) is -0.316. The van der Waals surface area contributed by atoms with Crippen LogP contribution in [0, 0.1) is 0 Å². The lowest BCUT2D eigenvalue weighted by Gasteiger charge is -1.99. The number of hydrogen-bond acceptors (Lipinski definition) is 4. The minimum absolute atomic E-state index is 0.308. The summed E-state index contributed by atoms with van der Waals surface area (Å²) < 4.78 is 10.1. The van der Waals surface area contributed by atoms with Crippen LogP contribution in [0.1, 0.15) is 0 Å². The van der Waals surface area contributed by atoms with E-state index < -0.39 is 11.3 Å². The molecule has 0 N–H and O–H groups in total. The summed E-state index contributed by atoms with van der Waals surface area (Å²) in [5, 5.41) is 1.45. The van der Waals surface area contributed by atoms with E-state index in [1.807, 2.05) is 0 Å². The molecule has 0 bridgehead atoms. The molecular weight excluding hydrogens is 208 g/mol. The Morgan fingerprint density at radius 3 is 1.44 bits per heavy atom. The van der Waals surface area contributed by atoms with Crippen LogP contribution in [0.4, 0.5) is 0 Å². The Labute approximate surface area is 88.7 Å². The third-order valence-corrected chi connectivity index (χ3v) is 2.38. The van der Waals surface area contributed by atoms with Crippen molar-refractivity contribution in [2.45, 2.75) is 0 Å². The zero-order chi connectivity index (χ0) is 11.1. The van der Waals surface area contributed by atoms with Crippen molar-refractivity contribution in [1.29, 1.82) is 0 Å². The molecule has 1 aromatic carbocycles. The van der Waals surface area contributed by atoms with E-state index in [4.69, 9.17) is 8.83 Å². The normalized spacial score (nSPS) is 11.0.